The summed E-state index contributed by atoms with van der Waals surface area (Å²) in [7, 11) is 3.05. The van der Waals surface area contributed by atoms with E-state index in [4.69, 9.17) is 9.47 Å². The van der Waals surface area contributed by atoms with Gasteiger partial charge in [0.25, 0.3) is 5.56 Å². The number of piperazine rings is 1. The van der Waals surface area contributed by atoms with Crippen molar-refractivity contribution >= 4 is 32.7 Å². The summed E-state index contributed by atoms with van der Waals surface area (Å²) >= 11 is 3.44. The van der Waals surface area contributed by atoms with E-state index in [-0.39, 0.29) is 29.5 Å². The summed E-state index contributed by atoms with van der Waals surface area (Å²) in [4.78, 5) is 22.4. The third-order valence-corrected chi connectivity index (χ3v) is 7.79. The highest BCUT2D eigenvalue weighted by atomic mass is 79.9. The Morgan fingerprint density at radius 1 is 1.02 bits per heavy atom. The van der Waals surface area contributed by atoms with Crippen molar-refractivity contribution in [3.63, 3.8) is 0 Å². The van der Waals surface area contributed by atoms with E-state index < -0.39 is 5.82 Å². The van der Waals surface area contributed by atoms with Crippen LogP contribution in [0.5, 0.6) is 5.75 Å². The molecular weight excluding hydrogens is 596 g/mol. The van der Waals surface area contributed by atoms with Crippen LogP contribution >= 0.6 is 15.9 Å². The molecule has 8 nitrogen and oxygen atoms in total. The Morgan fingerprint density at radius 3 is 2.39 bits per heavy atom. The largest absolute Gasteiger partial charge is 0.496 e. The van der Waals surface area contributed by atoms with Crippen LogP contribution in [-0.4, -0.2) is 61.5 Å². The zero-order chi connectivity index (χ0) is 29.1. The third-order valence-electron chi connectivity index (χ3n) is 7.35. The number of nitriles is 1. The molecule has 0 unspecified atom stereocenters. The highest BCUT2D eigenvalue weighted by Crippen LogP contribution is 2.37. The van der Waals surface area contributed by atoms with Gasteiger partial charge in [-0.2, -0.15) is 5.26 Å². The lowest BCUT2D eigenvalue weighted by atomic mass is 9.95. The number of ether oxygens (including phenoxy) is 2. The van der Waals surface area contributed by atoms with Crippen LogP contribution < -0.4 is 15.2 Å². The molecular formula is C30H28BrF2N5O3. The van der Waals surface area contributed by atoms with Crippen LogP contribution in [-0.2, 0) is 11.3 Å². The number of nitrogens with zero attached hydrogens (tertiary/aromatic N) is 5. The number of hydrogen-bond donors (Lipinski definition) is 0. The lowest BCUT2D eigenvalue weighted by Gasteiger charge is -2.41. The zero-order valence-corrected chi connectivity index (χ0v) is 24.2. The van der Waals surface area contributed by atoms with Gasteiger partial charge in [-0.1, -0.05) is 18.2 Å². The molecule has 0 saturated carbocycles. The van der Waals surface area contributed by atoms with Crippen molar-refractivity contribution in [2.24, 2.45) is 0 Å². The molecule has 11 heteroatoms. The van der Waals surface area contributed by atoms with Crippen molar-refractivity contribution in [2.45, 2.75) is 12.6 Å². The molecule has 0 N–H and O–H groups in total. The SMILES string of the molecule is COCCn1c(=O)c(C#N)c(N2CCN([C@H](c3ccc(F)cc3)c3ccc(F)cc3OC)CC2)c2nc(Br)ccc21. The van der Waals surface area contributed by atoms with E-state index in [9.17, 15) is 18.8 Å². The first-order valence-corrected chi connectivity index (χ1v) is 13.9. The summed E-state index contributed by atoms with van der Waals surface area (Å²) in [6.45, 7) is 2.65. The second kappa shape index (κ2) is 12.3. The standard InChI is InChI=1S/C30H28BrF2N5O3/c1-40-16-15-38-24-9-10-26(31)35-27(24)29(23(18-34)30(38)39)37-13-11-36(12-14-37)28(19-3-5-20(32)6-4-19)22-8-7-21(33)17-25(22)41-2/h3-10,17,28H,11-16H2,1-2H3/t28-/m1/s1. The average molecular weight is 624 g/mol. The molecule has 41 heavy (non-hydrogen) atoms. The predicted molar refractivity (Wildman–Crippen MR) is 155 cm³/mol. The van der Waals surface area contributed by atoms with Crippen LogP contribution in [0.3, 0.4) is 0 Å². The molecule has 0 aliphatic carbocycles. The smallest absolute Gasteiger partial charge is 0.271 e. The third kappa shape index (κ3) is 5.68. The van der Waals surface area contributed by atoms with Crippen LogP contribution in [0.25, 0.3) is 11.0 Å². The minimum absolute atomic E-state index is 0.0305. The number of methoxy groups -OCH3 is 2. The minimum atomic E-state index is -0.414. The van der Waals surface area contributed by atoms with Gasteiger partial charge in [0.1, 0.15) is 39.1 Å². The molecule has 0 bridgehead atoms. The lowest BCUT2D eigenvalue weighted by Crippen LogP contribution is -2.48. The van der Waals surface area contributed by atoms with E-state index in [0.717, 1.165) is 11.1 Å². The summed E-state index contributed by atoms with van der Waals surface area (Å²) < 4.78 is 40.7. The van der Waals surface area contributed by atoms with Gasteiger partial charge in [-0.25, -0.2) is 13.8 Å². The molecule has 0 amide bonds. The van der Waals surface area contributed by atoms with Gasteiger partial charge < -0.3 is 18.9 Å². The number of rotatable bonds is 8. The first kappa shape index (κ1) is 28.7. The number of halogens is 3. The first-order valence-electron chi connectivity index (χ1n) is 13.1. The van der Waals surface area contributed by atoms with Gasteiger partial charge in [-0.3, -0.25) is 9.69 Å². The molecule has 1 saturated heterocycles. The summed E-state index contributed by atoms with van der Waals surface area (Å²) in [5.41, 5.74) is 2.89. The molecule has 1 fully saturated rings. The average Bonchev–Trinajstić information content (AvgIpc) is 2.98. The maximum atomic E-state index is 14.1. The number of benzene rings is 2. The number of fused-ring (bicyclic) bond motifs is 1. The van der Waals surface area contributed by atoms with Crippen molar-refractivity contribution in [1.29, 1.82) is 5.26 Å². The molecule has 1 aliphatic rings. The molecule has 0 radical (unpaired) electrons. The zero-order valence-electron chi connectivity index (χ0n) is 22.6. The van der Waals surface area contributed by atoms with Gasteiger partial charge in [0, 0.05) is 51.5 Å². The molecule has 3 heterocycles. The molecule has 2 aromatic carbocycles. The lowest BCUT2D eigenvalue weighted by molar-refractivity contribution is 0.187. The van der Waals surface area contributed by atoms with Crippen molar-refractivity contribution in [3.8, 4) is 11.8 Å². The Morgan fingerprint density at radius 2 is 1.73 bits per heavy atom. The second-order valence-electron chi connectivity index (χ2n) is 9.65. The highest BCUT2D eigenvalue weighted by molar-refractivity contribution is 9.10. The Bertz CT molecular complexity index is 1660. The van der Waals surface area contributed by atoms with E-state index in [2.05, 4.69) is 31.9 Å². The Balaban J connectivity index is 1.54. The van der Waals surface area contributed by atoms with Crippen LogP contribution in [0.1, 0.15) is 22.7 Å². The number of pyridine rings is 2. The molecule has 0 spiro atoms. The second-order valence-corrected chi connectivity index (χ2v) is 10.5. The molecule has 4 aromatic rings. The monoisotopic (exact) mass is 623 g/mol. The fourth-order valence-electron chi connectivity index (χ4n) is 5.44. The van der Waals surface area contributed by atoms with Crippen molar-refractivity contribution in [2.75, 3.05) is 51.9 Å². The quantitative estimate of drug-likeness (QED) is 0.259. The van der Waals surface area contributed by atoms with E-state index in [1.807, 2.05) is 11.0 Å². The van der Waals surface area contributed by atoms with Gasteiger partial charge in [-0.05, 0) is 51.8 Å². The normalized spacial score (nSPS) is 14.7. The summed E-state index contributed by atoms with van der Waals surface area (Å²) in [5, 5.41) is 10.1. The van der Waals surface area contributed by atoms with Crippen molar-refractivity contribution in [3.05, 3.63) is 97.9 Å². The highest BCUT2D eigenvalue weighted by Gasteiger charge is 2.31. The molecule has 212 valence electrons. The van der Waals surface area contributed by atoms with Crippen LogP contribution in [0.2, 0.25) is 0 Å². The molecule has 1 aliphatic heterocycles. The van der Waals surface area contributed by atoms with Gasteiger partial charge in [0.2, 0.25) is 0 Å². The number of anilines is 1. The number of hydrogen-bond acceptors (Lipinski definition) is 7. The number of aromatic nitrogens is 2. The van der Waals surface area contributed by atoms with Crippen molar-refractivity contribution < 1.29 is 18.3 Å². The topological polar surface area (TPSA) is 83.6 Å². The maximum absolute atomic E-state index is 14.1. The molecule has 2 aromatic heterocycles. The first-order chi connectivity index (χ1) is 19.9. The maximum Gasteiger partial charge on any atom is 0.271 e. The molecule has 1 atom stereocenters. The Kier molecular flexibility index (Phi) is 8.63. The van der Waals surface area contributed by atoms with Crippen LogP contribution in [0, 0.1) is 23.0 Å². The summed E-state index contributed by atoms with van der Waals surface area (Å²) in [5.74, 6) is -0.366. The molecule has 5 rings (SSSR count). The fourth-order valence-corrected chi connectivity index (χ4v) is 5.75. The van der Waals surface area contributed by atoms with Crippen LogP contribution in [0.15, 0.2) is 64.0 Å². The summed E-state index contributed by atoms with van der Waals surface area (Å²) in [6.07, 6.45) is 0. The predicted octanol–water partition coefficient (Wildman–Crippen LogP) is 4.88. The Hall–Kier alpha value is -3.85. The van der Waals surface area contributed by atoms with E-state index in [0.29, 0.717) is 59.9 Å². The van der Waals surface area contributed by atoms with Gasteiger partial charge in [0.05, 0.1) is 31.0 Å². The summed E-state index contributed by atoms with van der Waals surface area (Å²) in [6, 6.07) is 16.0. The van der Waals surface area contributed by atoms with Crippen LogP contribution in [0.4, 0.5) is 14.5 Å². The van der Waals surface area contributed by atoms with E-state index >= 15 is 0 Å². The Labute approximate surface area is 244 Å². The van der Waals surface area contributed by atoms with Gasteiger partial charge in [0.15, 0.2) is 0 Å². The van der Waals surface area contributed by atoms with E-state index in [1.165, 1.54) is 35.9 Å². The fraction of sp³-hybridized carbons (Fsp3) is 0.300. The van der Waals surface area contributed by atoms with Crippen molar-refractivity contribution in [1.82, 2.24) is 14.5 Å². The minimum Gasteiger partial charge on any atom is -0.496 e. The van der Waals surface area contributed by atoms with Gasteiger partial charge in [-0.15, -0.1) is 0 Å². The van der Waals surface area contributed by atoms with E-state index in [1.54, 1.807) is 31.4 Å². The van der Waals surface area contributed by atoms with Gasteiger partial charge >= 0.3 is 0 Å².